The fourth-order valence-electron chi connectivity index (χ4n) is 2.67. The van der Waals surface area contributed by atoms with Gasteiger partial charge in [-0.1, -0.05) is 6.92 Å². The molecule has 0 spiro atoms. The van der Waals surface area contributed by atoms with Gasteiger partial charge in [0.25, 0.3) is 0 Å². The standard InChI is InChI=1S/C13H26N2O3/c1-4-15(8-9-18-5-2)11-6-7-13(14,10-11)12(16)17-3/h11H,4-10,14H2,1-3H3. The fraction of sp³-hybridized carbons (Fsp3) is 0.923. The number of ether oxygens (including phenoxy) is 2. The summed E-state index contributed by atoms with van der Waals surface area (Å²) in [7, 11) is 1.40. The zero-order valence-electron chi connectivity index (χ0n) is 11.8. The number of hydrogen-bond acceptors (Lipinski definition) is 5. The summed E-state index contributed by atoms with van der Waals surface area (Å²) in [6, 6.07) is 0.361. The number of carbonyl (C=O) groups excluding carboxylic acids is 1. The molecule has 2 unspecified atom stereocenters. The number of nitrogens with zero attached hydrogens (tertiary/aromatic N) is 1. The van der Waals surface area contributed by atoms with Crippen LogP contribution in [0.25, 0.3) is 0 Å². The van der Waals surface area contributed by atoms with Gasteiger partial charge in [0.15, 0.2) is 0 Å². The van der Waals surface area contributed by atoms with Gasteiger partial charge in [-0.05, 0) is 32.7 Å². The molecule has 1 aliphatic rings. The van der Waals surface area contributed by atoms with Crippen molar-refractivity contribution in [1.29, 1.82) is 0 Å². The predicted octanol–water partition coefficient (Wildman–Crippen LogP) is 0.768. The summed E-state index contributed by atoms with van der Waals surface area (Å²) in [6.07, 6.45) is 2.33. The van der Waals surface area contributed by atoms with E-state index in [2.05, 4.69) is 11.8 Å². The van der Waals surface area contributed by atoms with E-state index in [1.165, 1.54) is 7.11 Å². The molecule has 0 saturated heterocycles. The molecule has 5 nitrogen and oxygen atoms in total. The van der Waals surface area contributed by atoms with Crippen LogP contribution in [0.3, 0.4) is 0 Å². The highest BCUT2D eigenvalue weighted by molar-refractivity contribution is 5.81. The second-order valence-electron chi connectivity index (χ2n) is 4.87. The first-order valence-electron chi connectivity index (χ1n) is 6.76. The van der Waals surface area contributed by atoms with E-state index in [0.29, 0.717) is 18.9 Å². The largest absolute Gasteiger partial charge is 0.468 e. The van der Waals surface area contributed by atoms with Crippen LogP contribution in [0.1, 0.15) is 33.1 Å². The number of likely N-dealkylation sites (N-methyl/N-ethyl adjacent to an activating group) is 1. The quantitative estimate of drug-likeness (QED) is 0.540. The Balaban J connectivity index is 2.50. The molecule has 0 heterocycles. The van der Waals surface area contributed by atoms with Crippen molar-refractivity contribution in [1.82, 2.24) is 4.90 Å². The van der Waals surface area contributed by atoms with Gasteiger partial charge in [-0.15, -0.1) is 0 Å². The monoisotopic (exact) mass is 258 g/mol. The molecule has 1 rings (SSSR count). The van der Waals surface area contributed by atoms with Crippen molar-refractivity contribution in [3.05, 3.63) is 0 Å². The van der Waals surface area contributed by atoms with E-state index >= 15 is 0 Å². The number of methoxy groups -OCH3 is 1. The van der Waals surface area contributed by atoms with Crippen LogP contribution in [0.2, 0.25) is 0 Å². The Hall–Kier alpha value is -0.650. The van der Waals surface area contributed by atoms with E-state index in [1.54, 1.807) is 0 Å². The molecule has 5 heteroatoms. The molecule has 0 amide bonds. The van der Waals surface area contributed by atoms with E-state index < -0.39 is 5.54 Å². The molecule has 18 heavy (non-hydrogen) atoms. The molecule has 2 atom stereocenters. The molecule has 2 N–H and O–H groups in total. The highest BCUT2D eigenvalue weighted by Crippen LogP contribution is 2.32. The van der Waals surface area contributed by atoms with E-state index in [0.717, 1.165) is 32.7 Å². The average molecular weight is 258 g/mol. The maximum absolute atomic E-state index is 11.7. The molecule has 0 aliphatic heterocycles. The van der Waals surface area contributed by atoms with E-state index in [-0.39, 0.29) is 5.97 Å². The average Bonchev–Trinajstić information content (AvgIpc) is 2.77. The summed E-state index contributed by atoms with van der Waals surface area (Å²) >= 11 is 0. The number of esters is 1. The van der Waals surface area contributed by atoms with Crippen molar-refractivity contribution in [2.24, 2.45) is 5.73 Å². The SMILES string of the molecule is CCOCCN(CC)C1CCC(N)(C(=O)OC)C1. The van der Waals surface area contributed by atoms with Crippen LogP contribution in [-0.4, -0.2) is 55.9 Å². The van der Waals surface area contributed by atoms with E-state index in [4.69, 9.17) is 15.2 Å². The van der Waals surface area contributed by atoms with Gasteiger partial charge in [0, 0.05) is 19.2 Å². The van der Waals surface area contributed by atoms with Gasteiger partial charge < -0.3 is 15.2 Å². The topological polar surface area (TPSA) is 64.8 Å². The van der Waals surface area contributed by atoms with Gasteiger partial charge in [0.1, 0.15) is 5.54 Å². The van der Waals surface area contributed by atoms with Gasteiger partial charge in [-0.2, -0.15) is 0 Å². The molecular weight excluding hydrogens is 232 g/mol. The molecule has 1 saturated carbocycles. The molecule has 1 fully saturated rings. The Morgan fingerprint density at radius 2 is 2.22 bits per heavy atom. The molecule has 0 aromatic heterocycles. The zero-order chi connectivity index (χ0) is 13.6. The molecule has 106 valence electrons. The maximum atomic E-state index is 11.7. The maximum Gasteiger partial charge on any atom is 0.325 e. The highest BCUT2D eigenvalue weighted by Gasteiger charge is 2.44. The van der Waals surface area contributed by atoms with Crippen LogP contribution < -0.4 is 5.73 Å². The Kier molecular flexibility index (Phi) is 6.05. The second kappa shape index (κ2) is 7.07. The molecule has 0 bridgehead atoms. The van der Waals surface area contributed by atoms with Gasteiger partial charge >= 0.3 is 5.97 Å². The van der Waals surface area contributed by atoms with Gasteiger partial charge in [-0.25, -0.2) is 0 Å². The lowest BCUT2D eigenvalue weighted by Gasteiger charge is -2.28. The van der Waals surface area contributed by atoms with Gasteiger partial charge in [0.05, 0.1) is 13.7 Å². The first-order valence-corrected chi connectivity index (χ1v) is 6.76. The molecule has 0 aromatic rings. The Labute approximate surface area is 110 Å². The van der Waals surface area contributed by atoms with Crippen molar-refractivity contribution >= 4 is 5.97 Å². The van der Waals surface area contributed by atoms with Crippen LogP contribution in [0, 0.1) is 0 Å². The van der Waals surface area contributed by atoms with Crippen molar-refractivity contribution in [3.8, 4) is 0 Å². The second-order valence-corrected chi connectivity index (χ2v) is 4.87. The smallest absolute Gasteiger partial charge is 0.325 e. The summed E-state index contributed by atoms with van der Waals surface area (Å²) in [5, 5.41) is 0. The van der Waals surface area contributed by atoms with E-state index in [1.807, 2.05) is 6.92 Å². The van der Waals surface area contributed by atoms with Crippen molar-refractivity contribution in [2.45, 2.75) is 44.7 Å². The highest BCUT2D eigenvalue weighted by atomic mass is 16.5. The minimum atomic E-state index is -0.793. The number of hydrogen-bond donors (Lipinski definition) is 1. The van der Waals surface area contributed by atoms with Crippen molar-refractivity contribution < 1.29 is 14.3 Å². The summed E-state index contributed by atoms with van der Waals surface area (Å²) in [6.45, 7) is 7.44. The van der Waals surface area contributed by atoms with E-state index in [9.17, 15) is 4.79 Å². The molecular formula is C13H26N2O3. The lowest BCUT2D eigenvalue weighted by Crippen LogP contribution is -2.48. The summed E-state index contributed by atoms with van der Waals surface area (Å²) in [5.41, 5.74) is 5.33. The lowest BCUT2D eigenvalue weighted by molar-refractivity contribution is -0.147. The lowest BCUT2D eigenvalue weighted by atomic mass is 9.99. The van der Waals surface area contributed by atoms with Crippen molar-refractivity contribution in [3.63, 3.8) is 0 Å². The third-order valence-corrected chi connectivity index (χ3v) is 3.77. The Morgan fingerprint density at radius 3 is 2.78 bits per heavy atom. The molecule has 0 radical (unpaired) electrons. The van der Waals surface area contributed by atoms with Crippen LogP contribution in [-0.2, 0) is 14.3 Å². The summed E-state index contributed by atoms with van der Waals surface area (Å²) < 4.78 is 10.2. The number of nitrogens with two attached hydrogens (primary N) is 1. The van der Waals surface area contributed by atoms with Crippen LogP contribution in [0.15, 0.2) is 0 Å². The van der Waals surface area contributed by atoms with Gasteiger partial charge in [0.2, 0.25) is 0 Å². The number of carbonyl (C=O) groups is 1. The predicted molar refractivity (Wildman–Crippen MR) is 70.3 cm³/mol. The van der Waals surface area contributed by atoms with Crippen LogP contribution in [0.4, 0.5) is 0 Å². The number of rotatable bonds is 7. The minimum absolute atomic E-state index is 0.286. The van der Waals surface area contributed by atoms with Crippen LogP contribution >= 0.6 is 0 Å². The summed E-state index contributed by atoms with van der Waals surface area (Å²) in [4.78, 5) is 14.0. The summed E-state index contributed by atoms with van der Waals surface area (Å²) in [5.74, 6) is -0.286. The zero-order valence-corrected chi connectivity index (χ0v) is 11.8. The molecule has 1 aliphatic carbocycles. The first kappa shape index (κ1) is 15.4. The third-order valence-electron chi connectivity index (χ3n) is 3.77. The van der Waals surface area contributed by atoms with Crippen LogP contribution in [0.5, 0.6) is 0 Å². The minimum Gasteiger partial charge on any atom is -0.468 e. The fourth-order valence-corrected chi connectivity index (χ4v) is 2.67. The molecule has 0 aromatic carbocycles. The first-order chi connectivity index (χ1) is 8.57. The third kappa shape index (κ3) is 3.67. The Bertz CT molecular complexity index is 273. The van der Waals surface area contributed by atoms with Gasteiger partial charge in [-0.3, -0.25) is 9.69 Å². The van der Waals surface area contributed by atoms with Crippen molar-refractivity contribution in [2.75, 3.05) is 33.4 Å². The normalized spacial score (nSPS) is 27.7. The Morgan fingerprint density at radius 1 is 1.50 bits per heavy atom.